The van der Waals surface area contributed by atoms with Crippen LogP contribution in [-0.4, -0.2) is 29.1 Å². The van der Waals surface area contributed by atoms with Crippen molar-refractivity contribution in [2.75, 3.05) is 18.0 Å². The third-order valence-corrected chi connectivity index (χ3v) is 5.63. The number of rotatable bonds is 6. The van der Waals surface area contributed by atoms with Gasteiger partial charge >= 0.3 is 0 Å². The molecule has 0 aromatic heterocycles. The van der Waals surface area contributed by atoms with Gasteiger partial charge in [-0.3, -0.25) is 0 Å². The lowest BCUT2D eigenvalue weighted by molar-refractivity contribution is 0.576. The van der Waals surface area contributed by atoms with E-state index < -0.39 is 20.0 Å². The smallest absolute Gasteiger partial charge is 0.240 e. The van der Waals surface area contributed by atoms with Gasteiger partial charge in [0.2, 0.25) is 20.0 Å². The summed E-state index contributed by atoms with van der Waals surface area (Å²) in [7, 11) is -7.32. The van der Waals surface area contributed by atoms with Crippen LogP contribution in [0.1, 0.15) is 12.0 Å². The van der Waals surface area contributed by atoms with Crippen LogP contribution >= 0.6 is 15.9 Å². The van der Waals surface area contributed by atoms with Crippen LogP contribution in [0.5, 0.6) is 0 Å². The molecule has 0 aliphatic rings. The summed E-state index contributed by atoms with van der Waals surface area (Å²) in [6.07, 6.45) is 0.100. The molecule has 7 nitrogen and oxygen atoms in total. The number of aryl methyl sites for hydroxylation is 1. The third kappa shape index (κ3) is 5.02. The molecule has 0 spiro atoms. The Labute approximate surface area is 127 Å². The van der Waals surface area contributed by atoms with Gasteiger partial charge < -0.3 is 5.73 Å². The van der Waals surface area contributed by atoms with Crippen molar-refractivity contribution in [1.29, 1.82) is 0 Å². The van der Waals surface area contributed by atoms with E-state index in [1.165, 1.54) is 6.07 Å². The Morgan fingerprint density at radius 2 is 1.85 bits per heavy atom. The largest absolute Gasteiger partial charge is 0.398 e. The van der Waals surface area contributed by atoms with Crippen molar-refractivity contribution >= 4 is 41.7 Å². The molecule has 0 bridgehead atoms. The summed E-state index contributed by atoms with van der Waals surface area (Å²) in [5.41, 5.74) is 6.50. The molecule has 1 aromatic rings. The second-order valence-electron chi connectivity index (χ2n) is 4.26. The van der Waals surface area contributed by atoms with E-state index in [9.17, 15) is 16.8 Å². The predicted octanol–water partition coefficient (Wildman–Crippen LogP) is 0.297. The molecule has 1 aromatic carbocycles. The maximum Gasteiger partial charge on any atom is 0.240 e. The van der Waals surface area contributed by atoms with Gasteiger partial charge in [-0.15, -0.1) is 0 Å². The van der Waals surface area contributed by atoms with Crippen molar-refractivity contribution in [2.24, 2.45) is 5.14 Å². The molecule has 0 aliphatic heterocycles. The van der Waals surface area contributed by atoms with Crippen molar-refractivity contribution in [3.63, 3.8) is 0 Å². The minimum Gasteiger partial charge on any atom is -0.398 e. The maximum atomic E-state index is 12.1. The molecule has 114 valence electrons. The lowest BCUT2D eigenvalue weighted by atomic mass is 10.2. The van der Waals surface area contributed by atoms with Crippen LogP contribution < -0.4 is 15.6 Å². The summed E-state index contributed by atoms with van der Waals surface area (Å²) in [5.74, 6) is -0.281. The summed E-state index contributed by atoms with van der Waals surface area (Å²) < 4.78 is 48.6. The monoisotopic (exact) mass is 385 g/mol. The first kappa shape index (κ1) is 17.4. The zero-order chi connectivity index (χ0) is 15.6. The molecule has 0 aliphatic carbocycles. The molecular formula is C10H16BrN3O4S2. The average molecular weight is 386 g/mol. The summed E-state index contributed by atoms with van der Waals surface area (Å²) in [4.78, 5) is 0.0637. The number of hydrogen-bond acceptors (Lipinski definition) is 5. The van der Waals surface area contributed by atoms with E-state index in [0.717, 1.165) is 0 Å². The highest BCUT2D eigenvalue weighted by molar-refractivity contribution is 9.10. The highest BCUT2D eigenvalue weighted by atomic mass is 79.9. The molecule has 1 rings (SSSR count). The van der Waals surface area contributed by atoms with Crippen LogP contribution in [0.3, 0.4) is 0 Å². The molecule has 0 amide bonds. The predicted molar refractivity (Wildman–Crippen MR) is 81.1 cm³/mol. The maximum absolute atomic E-state index is 12.1. The quantitative estimate of drug-likeness (QED) is 0.478. The highest BCUT2D eigenvalue weighted by Crippen LogP contribution is 2.26. The van der Waals surface area contributed by atoms with E-state index in [1.807, 2.05) is 0 Å². The number of primary sulfonamides is 1. The number of nitrogens with two attached hydrogens (primary N) is 2. The number of nitrogen functional groups attached to an aromatic ring is 1. The zero-order valence-electron chi connectivity index (χ0n) is 10.8. The first-order valence-electron chi connectivity index (χ1n) is 5.59. The lowest BCUT2D eigenvalue weighted by Gasteiger charge is -2.11. The van der Waals surface area contributed by atoms with E-state index in [1.54, 1.807) is 13.0 Å². The van der Waals surface area contributed by atoms with Gasteiger partial charge in [0.15, 0.2) is 0 Å². The van der Waals surface area contributed by atoms with Crippen LogP contribution in [-0.2, 0) is 20.0 Å². The molecule has 10 heteroatoms. The van der Waals surface area contributed by atoms with E-state index in [0.29, 0.717) is 15.7 Å². The highest BCUT2D eigenvalue weighted by Gasteiger charge is 2.18. The molecule has 0 atom stereocenters. The van der Waals surface area contributed by atoms with Gasteiger partial charge in [-0.05, 0) is 47.0 Å². The van der Waals surface area contributed by atoms with Crippen molar-refractivity contribution in [2.45, 2.75) is 18.2 Å². The Hall–Kier alpha value is -0.680. The van der Waals surface area contributed by atoms with Crippen LogP contribution in [0.2, 0.25) is 0 Å². The normalized spacial score (nSPS) is 12.6. The molecular weight excluding hydrogens is 370 g/mol. The molecule has 0 radical (unpaired) electrons. The van der Waals surface area contributed by atoms with E-state index in [2.05, 4.69) is 20.7 Å². The molecule has 20 heavy (non-hydrogen) atoms. The molecule has 0 unspecified atom stereocenters. The van der Waals surface area contributed by atoms with Crippen LogP contribution in [0, 0.1) is 6.92 Å². The number of benzene rings is 1. The minimum absolute atomic E-state index is 0.0197. The number of anilines is 1. The fourth-order valence-corrected chi connectivity index (χ4v) is 3.85. The lowest BCUT2D eigenvalue weighted by Crippen LogP contribution is -2.28. The SMILES string of the molecule is Cc1cc(Br)c(N)cc1S(=O)(=O)NCCCS(N)(=O)=O. The fraction of sp³-hybridized carbons (Fsp3) is 0.400. The molecule has 0 saturated heterocycles. The summed E-state index contributed by atoms with van der Waals surface area (Å²) >= 11 is 3.21. The Balaban J connectivity index is 2.82. The van der Waals surface area contributed by atoms with Gasteiger partial charge in [-0.2, -0.15) is 0 Å². The second-order valence-corrected chi connectivity index (χ2v) is 8.58. The minimum atomic E-state index is -3.73. The van der Waals surface area contributed by atoms with Crippen molar-refractivity contribution < 1.29 is 16.8 Å². The van der Waals surface area contributed by atoms with Crippen molar-refractivity contribution in [3.05, 3.63) is 22.2 Å². The topological polar surface area (TPSA) is 132 Å². The number of nitrogens with one attached hydrogen (secondary N) is 1. The number of sulfonamides is 2. The first-order valence-corrected chi connectivity index (χ1v) is 9.58. The Bertz CT molecular complexity index is 701. The average Bonchev–Trinajstić information content (AvgIpc) is 2.28. The molecule has 5 N–H and O–H groups in total. The third-order valence-electron chi connectivity index (χ3n) is 2.48. The summed E-state index contributed by atoms with van der Waals surface area (Å²) in [5, 5.41) is 4.83. The van der Waals surface area contributed by atoms with Gasteiger partial charge in [0, 0.05) is 16.7 Å². The second kappa shape index (κ2) is 6.39. The molecule has 0 saturated carbocycles. The Kier molecular flexibility index (Phi) is 5.55. The standard InChI is InChI=1S/C10H16BrN3O4S2/c1-7-5-8(11)9(12)6-10(7)20(17,18)14-3-2-4-19(13,15)16/h5-6,14H,2-4,12H2,1H3,(H2,13,15,16). The van der Waals surface area contributed by atoms with Crippen LogP contribution in [0.15, 0.2) is 21.5 Å². The Morgan fingerprint density at radius 3 is 2.40 bits per heavy atom. The van der Waals surface area contributed by atoms with Gasteiger partial charge in [0.1, 0.15) is 0 Å². The van der Waals surface area contributed by atoms with Crippen LogP contribution in [0.4, 0.5) is 5.69 Å². The van der Waals surface area contributed by atoms with Crippen LogP contribution in [0.25, 0.3) is 0 Å². The first-order chi connectivity index (χ1) is 9.03. The fourth-order valence-electron chi connectivity index (χ4n) is 1.52. The molecule has 0 heterocycles. The summed E-state index contributed by atoms with van der Waals surface area (Å²) in [6.45, 7) is 1.62. The van der Waals surface area contributed by atoms with E-state index in [-0.39, 0.29) is 23.6 Å². The Morgan fingerprint density at radius 1 is 1.25 bits per heavy atom. The number of hydrogen-bond donors (Lipinski definition) is 3. The molecule has 0 fully saturated rings. The van der Waals surface area contributed by atoms with Gasteiger partial charge in [0.05, 0.1) is 10.6 Å². The van der Waals surface area contributed by atoms with Gasteiger partial charge in [-0.25, -0.2) is 26.7 Å². The van der Waals surface area contributed by atoms with Gasteiger partial charge in [-0.1, -0.05) is 0 Å². The van der Waals surface area contributed by atoms with E-state index in [4.69, 9.17) is 10.9 Å². The summed E-state index contributed by atoms with van der Waals surface area (Å²) in [6, 6.07) is 2.95. The number of halogens is 1. The zero-order valence-corrected chi connectivity index (χ0v) is 14.0. The van der Waals surface area contributed by atoms with Gasteiger partial charge in [0.25, 0.3) is 0 Å². The van der Waals surface area contributed by atoms with E-state index >= 15 is 0 Å². The van der Waals surface area contributed by atoms with Crippen molar-refractivity contribution in [3.8, 4) is 0 Å². The van der Waals surface area contributed by atoms with Crippen molar-refractivity contribution in [1.82, 2.24) is 4.72 Å².